The van der Waals surface area contributed by atoms with Crippen molar-refractivity contribution < 1.29 is 4.74 Å². The van der Waals surface area contributed by atoms with Gasteiger partial charge in [0.2, 0.25) is 11.2 Å². The standard InChI is InChI=1S/C14H23ClN4O/c1-8(2)20-14-18-12(15)17-13(19-14)16-11-6-5-9(3)10(4)7-11/h8-11H,5-7H2,1-4H3,(H,16,17,18,19). The van der Waals surface area contributed by atoms with E-state index in [1.165, 1.54) is 6.42 Å². The Morgan fingerprint density at radius 2 is 1.90 bits per heavy atom. The number of nitrogens with zero attached hydrogens (tertiary/aromatic N) is 3. The van der Waals surface area contributed by atoms with Gasteiger partial charge in [0.1, 0.15) is 0 Å². The Hall–Kier alpha value is -1.10. The van der Waals surface area contributed by atoms with E-state index in [9.17, 15) is 0 Å². The topological polar surface area (TPSA) is 59.9 Å². The van der Waals surface area contributed by atoms with Gasteiger partial charge in [-0.25, -0.2) is 0 Å². The van der Waals surface area contributed by atoms with Crippen LogP contribution >= 0.6 is 11.6 Å². The van der Waals surface area contributed by atoms with Crippen molar-refractivity contribution in [1.29, 1.82) is 0 Å². The summed E-state index contributed by atoms with van der Waals surface area (Å²) in [6.45, 7) is 8.46. The average Bonchev–Trinajstić information content (AvgIpc) is 2.32. The van der Waals surface area contributed by atoms with Gasteiger partial charge in [-0.05, 0) is 56.5 Å². The van der Waals surface area contributed by atoms with Gasteiger partial charge in [0.15, 0.2) is 0 Å². The number of halogens is 1. The second-order valence-corrected chi connectivity index (χ2v) is 6.32. The Morgan fingerprint density at radius 3 is 2.55 bits per heavy atom. The molecule has 0 bridgehead atoms. The van der Waals surface area contributed by atoms with E-state index in [1.54, 1.807) is 0 Å². The molecule has 0 saturated heterocycles. The monoisotopic (exact) mass is 298 g/mol. The van der Waals surface area contributed by atoms with Crippen LogP contribution in [0.2, 0.25) is 5.28 Å². The molecule has 3 atom stereocenters. The Kier molecular flexibility index (Phi) is 5.02. The SMILES string of the molecule is CC(C)Oc1nc(Cl)nc(NC2CCC(C)C(C)C2)n1. The zero-order valence-electron chi connectivity index (χ0n) is 12.6. The first-order valence-corrected chi connectivity index (χ1v) is 7.66. The van der Waals surface area contributed by atoms with Gasteiger partial charge in [0, 0.05) is 6.04 Å². The molecule has 1 fully saturated rings. The van der Waals surface area contributed by atoms with Gasteiger partial charge in [-0.3, -0.25) is 0 Å². The molecule has 0 aromatic carbocycles. The predicted molar refractivity (Wildman–Crippen MR) is 80.2 cm³/mol. The zero-order valence-corrected chi connectivity index (χ0v) is 13.3. The van der Waals surface area contributed by atoms with Crippen LogP contribution in [-0.2, 0) is 0 Å². The number of hydrogen-bond acceptors (Lipinski definition) is 5. The third-order valence-corrected chi connectivity index (χ3v) is 4.03. The molecule has 5 nitrogen and oxygen atoms in total. The van der Waals surface area contributed by atoms with Gasteiger partial charge in [-0.15, -0.1) is 0 Å². The van der Waals surface area contributed by atoms with Crippen LogP contribution in [0.15, 0.2) is 0 Å². The highest BCUT2D eigenvalue weighted by molar-refractivity contribution is 6.28. The van der Waals surface area contributed by atoms with Gasteiger partial charge >= 0.3 is 6.01 Å². The normalized spacial score (nSPS) is 26.6. The van der Waals surface area contributed by atoms with Gasteiger partial charge in [-0.1, -0.05) is 13.8 Å². The van der Waals surface area contributed by atoms with Crippen molar-refractivity contribution >= 4 is 17.5 Å². The summed E-state index contributed by atoms with van der Waals surface area (Å²) < 4.78 is 5.48. The smallest absolute Gasteiger partial charge is 0.322 e. The third kappa shape index (κ3) is 4.20. The van der Waals surface area contributed by atoms with Crippen molar-refractivity contribution in [3.05, 3.63) is 5.28 Å². The number of hydrogen-bond donors (Lipinski definition) is 1. The van der Waals surface area contributed by atoms with Crippen LogP contribution in [0.4, 0.5) is 5.95 Å². The molecule has 1 aliphatic carbocycles. The van der Waals surface area contributed by atoms with Crippen molar-refractivity contribution in [3.63, 3.8) is 0 Å². The summed E-state index contributed by atoms with van der Waals surface area (Å²) in [5.41, 5.74) is 0. The molecular formula is C14H23ClN4O. The molecule has 0 radical (unpaired) electrons. The van der Waals surface area contributed by atoms with E-state index in [4.69, 9.17) is 16.3 Å². The van der Waals surface area contributed by atoms with Crippen molar-refractivity contribution in [3.8, 4) is 6.01 Å². The average molecular weight is 299 g/mol. The van der Waals surface area contributed by atoms with Crippen LogP contribution < -0.4 is 10.1 Å². The van der Waals surface area contributed by atoms with Gasteiger partial charge in [0.25, 0.3) is 0 Å². The van der Waals surface area contributed by atoms with E-state index in [0.717, 1.165) is 18.8 Å². The van der Waals surface area contributed by atoms with E-state index in [1.807, 2.05) is 13.8 Å². The van der Waals surface area contributed by atoms with Crippen LogP contribution in [0.1, 0.15) is 47.0 Å². The summed E-state index contributed by atoms with van der Waals surface area (Å²) in [6.07, 6.45) is 3.50. The zero-order chi connectivity index (χ0) is 14.7. The van der Waals surface area contributed by atoms with E-state index in [2.05, 4.69) is 34.1 Å². The summed E-state index contributed by atoms with van der Waals surface area (Å²) in [5, 5.41) is 3.52. The van der Waals surface area contributed by atoms with Crippen LogP contribution in [0.3, 0.4) is 0 Å². The van der Waals surface area contributed by atoms with Crippen molar-refractivity contribution in [1.82, 2.24) is 15.0 Å². The Balaban J connectivity index is 2.03. The third-order valence-electron chi connectivity index (χ3n) is 3.86. The first kappa shape index (κ1) is 15.3. The summed E-state index contributed by atoms with van der Waals surface area (Å²) in [6, 6.07) is 0.672. The Bertz CT molecular complexity index is 455. The lowest BCUT2D eigenvalue weighted by atomic mass is 9.79. The number of anilines is 1. The lowest BCUT2D eigenvalue weighted by molar-refractivity contribution is 0.221. The Morgan fingerprint density at radius 1 is 1.15 bits per heavy atom. The minimum absolute atomic E-state index is 0.0110. The fraction of sp³-hybridized carbons (Fsp3) is 0.786. The first-order chi connectivity index (χ1) is 9.44. The maximum absolute atomic E-state index is 5.92. The maximum atomic E-state index is 5.92. The lowest BCUT2D eigenvalue weighted by Gasteiger charge is -2.32. The lowest BCUT2D eigenvalue weighted by Crippen LogP contribution is -2.31. The molecule has 1 aliphatic rings. The van der Waals surface area contributed by atoms with E-state index in [-0.39, 0.29) is 17.4 Å². The van der Waals surface area contributed by atoms with Gasteiger partial charge in [0.05, 0.1) is 6.10 Å². The highest BCUT2D eigenvalue weighted by atomic mass is 35.5. The second-order valence-electron chi connectivity index (χ2n) is 5.99. The quantitative estimate of drug-likeness (QED) is 0.921. The Labute approximate surface area is 125 Å². The minimum atomic E-state index is 0.0110. The maximum Gasteiger partial charge on any atom is 0.322 e. The molecular weight excluding hydrogens is 276 g/mol. The molecule has 3 unspecified atom stereocenters. The van der Waals surface area contributed by atoms with Crippen LogP contribution in [0, 0.1) is 11.8 Å². The predicted octanol–water partition coefficient (Wildman–Crippen LogP) is 3.55. The number of nitrogens with one attached hydrogen (secondary N) is 1. The fourth-order valence-electron chi connectivity index (χ4n) is 2.52. The molecule has 0 aliphatic heterocycles. The molecule has 1 aromatic rings. The van der Waals surface area contributed by atoms with Gasteiger partial charge < -0.3 is 10.1 Å². The first-order valence-electron chi connectivity index (χ1n) is 7.28. The van der Waals surface area contributed by atoms with Crippen molar-refractivity contribution in [2.45, 2.75) is 59.1 Å². The van der Waals surface area contributed by atoms with E-state index in [0.29, 0.717) is 17.9 Å². The van der Waals surface area contributed by atoms with Gasteiger partial charge in [-0.2, -0.15) is 15.0 Å². The van der Waals surface area contributed by atoms with Crippen LogP contribution in [0.25, 0.3) is 0 Å². The van der Waals surface area contributed by atoms with Crippen LogP contribution in [-0.4, -0.2) is 27.1 Å². The molecule has 0 spiro atoms. The molecule has 0 amide bonds. The molecule has 1 N–H and O–H groups in total. The van der Waals surface area contributed by atoms with Crippen LogP contribution in [0.5, 0.6) is 6.01 Å². The van der Waals surface area contributed by atoms with Crippen molar-refractivity contribution in [2.24, 2.45) is 11.8 Å². The van der Waals surface area contributed by atoms with Crippen molar-refractivity contribution in [2.75, 3.05) is 5.32 Å². The summed E-state index contributed by atoms with van der Waals surface area (Å²) in [7, 11) is 0. The second kappa shape index (κ2) is 6.57. The minimum Gasteiger partial charge on any atom is -0.461 e. The summed E-state index contributed by atoms with van der Waals surface area (Å²) in [5.74, 6) is 2.01. The summed E-state index contributed by atoms with van der Waals surface area (Å²) in [4.78, 5) is 12.4. The molecule has 1 saturated carbocycles. The molecule has 2 rings (SSSR count). The number of aromatic nitrogens is 3. The molecule has 112 valence electrons. The molecule has 1 heterocycles. The fourth-order valence-corrected chi connectivity index (χ4v) is 2.67. The summed E-state index contributed by atoms with van der Waals surface area (Å²) >= 11 is 5.92. The largest absolute Gasteiger partial charge is 0.461 e. The number of rotatable bonds is 4. The number of ether oxygens (including phenoxy) is 1. The highest BCUT2D eigenvalue weighted by Crippen LogP contribution is 2.30. The molecule has 6 heteroatoms. The van der Waals surface area contributed by atoms with E-state index < -0.39 is 0 Å². The highest BCUT2D eigenvalue weighted by Gasteiger charge is 2.25. The molecule has 20 heavy (non-hydrogen) atoms. The molecule has 1 aromatic heterocycles. The van der Waals surface area contributed by atoms with E-state index >= 15 is 0 Å².